The van der Waals surface area contributed by atoms with Crippen LogP contribution in [0.2, 0.25) is 0 Å². The van der Waals surface area contributed by atoms with Gasteiger partial charge < -0.3 is 52.3 Å². The van der Waals surface area contributed by atoms with Crippen molar-refractivity contribution in [3.05, 3.63) is 70.8 Å². The zero-order valence-corrected chi connectivity index (χ0v) is 44.3. The SMILES string of the molecule is CNC(C)C(=O)NC(CCCCNC(=O)c1cccc(C(=O)NC2CC(C(=O)NC3CCCc4ccccc43)N(C(=O)C(NC(=O)C(C)NC)C(C)(C)C)C2)c1)C(=O)NC(C(=O)N1CCCCC1)C(C)(C)C. The summed E-state index contributed by atoms with van der Waals surface area (Å²) in [6.07, 6.45) is 6.76. The van der Waals surface area contributed by atoms with Crippen molar-refractivity contribution in [2.45, 2.75) is 168 Å². The number of nitrogens with one attached hydrogen (secondary N) is 8. The number of carbonyl (C=O) groups is 8. The molecule has 8 amide bonds. The Morgan fingerprint density at radius 2 is 1.26 bits per heavy atom. The van der Waals surface area contributed by atoms with Gasteiger partial charge in [0, 0.05) is 43.3 Å². The zero-order valence-electron chi connectivity index (χ0n) is 44.3. The van der Waals surface area contributed by atoms with Gasteiger partial charge in [-0.1, -0.05) is 71.9 Å². The van der Waals surface area contributed by atoms with Gasteiger partial charge in [-0.3, -0.25) is 38.4 Å². The van der Waals surface area contributed by atoms with E-state index in [9.17, 15) is 38.4 Å². The normalized spacial score (nSPS) is 20.1. The molecular formula is C54H82N10O8. The van der Waals surface area contributed by atoms with Gasteiger partial charge in [-0.05, 0) is 132 Å². The Labute approximate surface area is 426 Å². The number of likely N-dealkylation sites (tertiary alicyclic amines) is 2. The fourth-order valence-electron chi connectivity index (χ4n) is 9.55. The first-order valence-corrected chi connectivity index (χ1v) is 26.0. The molecule has 0 spiro atoms. The number of likely N-dealkylation sites (N-methyl/N-ethyl adjacent to an activating group) is 2. The molecule has 8 atom stereocenters. The number of unbranched alkanes of at least 4 members (excludes halogenated alkanes) is 1. The molecule has 2 aromatic carbocycles. The molecule has 2 heterocycles. The van der Waals surface area contributed by atoms with Gasteiger partial charge in [0.05, 0.1) is 18.1 Å². The first-order chi connectivity index (χ1) is 34.0. The zero-order chi connectivity index (χ0) is 52.9. The van der Waals surface area contributed by atoms with Crippen LogP contribution in [-0.2, 0) is 35.2 Å². The maximum absolute atomic E-state index is 14.6. The summed E-state index contributed by atoms with van der Waals surface area (Å²) in [6.45, 7) is 16.2. The summed E-state index contributed by atoms with van der Waals surface area (Å²) in [5, 5.41) is 23.6. The summed E-state index contributed by atoms with van der Waals surface area (Å²) >= 11 is 0. The highest BCUT2D eigenvalue weighted by Crippen LogP contribution is 2.32. The van der Waals surface area contributed by atoms with Crippen LogP contribution < -0.4 is 42.5 Å². The van der Waals surface area contributed by atoms with Crippen molar-refractivity contribution < 1.29 is 38.4 Å². The Morgan fingerprint density at radius 1 is 0.667 bits per heavy atom. The molecule has 8 unspecified atom stereocenters. The number of amides is 8. The summed E-state index contributed by atoms with van der Waals surface area (Å²) in [5.74, 6) is -2.98. The third kappa shape index (κ3) is 15.3. The molecule has 2 fully saturated rings. The van der Waals surface area contributed by atoms with Crippen LogP contribution in [0.25, 0.3) is 0 Å². The molecule has 2 saturated heterocycles. The average molecular weight is 999 g/mol. The predicted octanol–water partition coefficient (Wildman–Crippen LogP) is 3.25. The van der Waals surface area contributed by atoms with Crippen molar-refractivity contribution in [1.29, 1.82) is 0 Å². The molecule has 2 aromatic rings. The Balaban J connectivity index is 1.23. The molecule has 0 aromatic heterocycles. The van der Waals surface area contributed by atoms with Gasteiger partial charge in [-0.2, -0.15) is 0 Å². The number of fused-ring (bicyclic) bond motifs is 1. The first kappa shape index (κ1) is 57.0. The minimum absolute atomic E-state index is 0.0166. The van der Waals surface area contributed by atoms with Gasteiger partial charge in [-0.25, -0.2) is 0 Å². The Hall–Kier alpha value is -5.88. The smallest absolute Gasteiger partial charge is 0.251 e. The molecule has 3 aliphatic rings. The number of rotatable bonds is 20. The maximum atomic E-state index is 14.6. The second-order valence-corrected chi connectivity index (χ2v) is 22.0. The summed E-state index contributed by atoms with van der Waals surface area (Å²) in [4.78, 5) is 113. The van der Waals surface area contributed by atoms with E-state index < -0.39 is 76.8 Å². The number of nitrogens with zero attached hydrogens (tertiary/aromatic N) is 2. The van der Waals surface area contributed by atoms with Gasteiger partial charge in [0.15, 0.2) is 0 Å². The van der Waals surface area contributed by atoms with E-state index in [2.05, 4.69) is 48.6 Å². The lowest BCUT2D eigenvalue weighted by molar-refractivity contribution is -0.144. The van der Waals surface area contributed by atoms with Crippen molar-refractivity contribution in [3.8, 4) is 0 Å². The molecule has 72 heavy (non-hydrogen) atoms. The molecule has 2 aliphatic heterocycles. The van der Waals surface area contributed by atoms with Crippen LogP contribution in [0.5, 0.6) is 0 Å². The molecular weight excluding hydrogens is 917 g/mol. The largest absolute Gasteiger partial charge is 0.352 e. The first-order valence-electron chi connectivity index (χ1n) is 26.0. The Kier molecular flexibility index (Phi) is 20.3. The molecule has 396 valence electrons. The quantitative estimate of drug-likeness (QED) is 0.0902. The van der Waals surface area contributed by atoms with E-state index in [1.54, 1.807) is 46.1 Å². The van der Waals surface area contributed by atoms with E-state index in [-0.39, 0.29) is 66.7 Å². The predicted molar refractivity (Wildman–Crippen MR) is 276 cm³/mol. The van der Waals surface area contributed by atoms with Gasteiger partial charge in [0.25, 0.3) is 11.8 Å². The minimum Gasteiger partial charge on any atom is -0.352 e. The number of piperidine rings is 1. The maximum Gasteiger partial charge on any atom is 0.251 e. The number of hydrogen-bond donors (Lipinski definition) is 8. The summed E-state index contributed by atoms with van der Waals surface area (Å²) in [5.41, 5.74) is 1.36. The highest BCUT2D eigenvalue weighted by molar-refractivity contribution is 6.00. The summed E-state index contributed by atoms with van der Waals surface area (Å²) in [6, 6.07) is 8.65. The van der Waals surface area contributed by atoms with Crippen LogP contribution in [0.4, 0.5) is 0 Å². The molecule has 1 aliphatic carbocycles. The molecule has 0 saturated carbocycles. The van der Waals surface area contributed by atoms with Gasteiger partial charge >= 0.3 is 0 Å². The van der Waals surface area contributed by atoms with E-state index in [1.165, 1.54) is 16.5 Å². The van der Waals surface area contributed by atoms with Crippen LogP contribution >= 0.6 is 0 Å². The van der Waals surface area contributed by atoms with Crippen LogP contribution in [0.15, 0.2) is 48.5 Å². The molecule has 18 nitrogen and oxygen atoms in total. The summed E-state index contributed by atoms with van der Waals surface area (Å²) in [7, 11) is 3.31. The Bertz CT molecular complexity index is 2250. The highest BCUT2D eigenvalue weighted by atomic mass is 16.2. The van der Waals surface area contributed by atoms with Crippen LogP contribution in [-0.4, -0.2) is 140 Å². The second kappa shape index (κ2) is 25.7. The number of carbonyl (C=O) groups excluding carboxylic acids is 8. The van der Waals surface area contributed by atoms with Crippen LogP contribution in [0, 0.1) is 10.8 Å². The molecule has 8 N–H and O–H groups in total. The monoisotopic (exact) mass is 999 g/mol. The fraction of sp³-hybridized carbons (Fsp3) is 0.630. The Morgan fingerprint density at radius 3 is 1.90 bits per heavy atom. The number of hydrogen-bond acceptors (Lipinski definition) is 10. The molecule has 5 rings (SSSR count). The van der Waals surface area contributed by atoms with E-state index in [4.69, 9.17) is 0 Å². The second-order valence-electron chi connectivity index (χ2n) is 22.0. The molecule has 0 radical (unpaired) electrons. The lowest BCUT2D eigenvalue weighted by Crippen LogP contribution is -2.59. The number of benzene rings is 2. The number of aryl methyl sites for hydroxylation is 1. The van der Waals surface area contributed by atoms with E-state index >= 15 is 0 Å². The van der Waals surface area contributed by atoms with Crippen molar-refractivity contribution in [3.63, 3.8) is 0 Å². The van der Waals surface area contributed by atoms with Crippen molar-refractivity contribution in [2.75, 3.05) is 40.3 Å². The minimum atomic E-state index is -0.975. The van der Waals surface area contributed by atoms with Crippen molar-refractivity contribution in [2.24, 2.45) is 10.8 Å². The molecule has 18 heteroatoms. The average Bonchev–Trinajstić information content (AvgIpc) is 3.79. The van der Waals surface area contributed by atoms with Gasteiger partial charge in [-0.15, -0.1) is 0 Å². The fourth-order valence-corrected chi connectivity index (χ4v) is 9.55. The van der Waals surface area contributed by atoms with Gasteiger partial charge in [0.2, 0.25) is 35.4 Å². The third-order valence-electron chi connectivity index (χ3n) is 14.3. The van der Waals surface area contributed by atoms with E-state index in [0.29, 0.717) is 25.9 Å². The van der Waals surface area contributed by atoms with Gasteiger partial charge in [0.1, 0.15) is 24.2 Å². The van der Waals surface area contributed by atoms with Crippen molar-refractivity contribution in [1.82, 2.24) is 52.3 Å². The molecule has 0 bridgehead atoms. The summed E-state index contributed by atoms with van der Waals surface area (Å²) < 4.78 is 0. The third-order valence-corrected chi connectivity index (χ3v) is 14.3. The van der Waals surface area contributed by atoms with Crippen LogP contribution in [0.1, 0.15) is 151 Å². The highest BCUT2D eigenvalue weighted by Gasteiger charge is 2.46. The lowest BCUT2D eigenvalue weighted by Gasteiger charge is -2.37. The van der Waals surface area contributed by atoms with Crippen LogP contribution in [0.3, 0.4) is 0 Å². The van der Waals surface area contributed by atoms with E-state index in [1.807, 2.05) is 64.6 Å². The topological polar surface area (TPSA) is 239 Å². The van der Waals surface area contributed by atoms with Crippen molar-refractivity contribution >= 4 is 47.3 Å². The lowest BCUT2D eigenvalue weighted by atomic mass is 9.85. The standard InChI is InChI=1S/C54H82N10O8/c1-33(55-9)45(65)60-41(49(69)62-43(53(3,4)5)51(71)63-28-16-11-17-29-63)25-14-15-27-57-47(67)36-22-18-23-37(30-36)48(68)58-38-31-42(50(70)59-40-26-19-21-35-20-12-13-24-39(35)40)64(32-38)52(72)44(54(6,7)8)61-46(66)34(2)56-10/h12-13,18,20,22-24,30,33-34,38,40-44,55-56H,11,14-17,19,21,25-29,31-32H2,1-10H3,(H,57,67)(H,58,68)(H,59,70)(H,60,65)(H,61,66)(H,62,69). The van der Waals surface area contributed by atoms with E-state index in [0.717, 1.165) is 44.1 Å².